The fourth-order valence-electron chi connectivity index (χ4n) is 2.61. The number of hydrogen-bond acceptors (Lipinski definition) is 4. The van der Waals surface area contributed by atoms with Gasteiger partial charge in [-0.05, 0) is 29.7 Å². The molecule has 0 N–H and O–H groups in total. The van der Waals surface area contributed by atoms with E-state index in [0.717, 1.165) is 23.5 Å². The van der Waals surface area contributed by atoms with Gasteiger partial charge in [0.1, 0.15) is 5.75 Å². The Kier molecular flexibility index (Phi) is 7.07. The topological polar surface area (TPSA) is 44.8 Å². The summed E-state index contributed by atoms with van der Waals surface area (Å²) < 4.78 is 16.7. The van der Waals surface area contributed by atoms with Crippen LogP contribution in [0.25, 0.3) is 0 Å². The third kappa shape index (κ3) is 5.53. The van der Waals surface area contributed by atoms with Gasteiger partial charge in [0.25, 0.3) is 0 Å². The highest BCUT2D eigenvalue weighted by Crippen LogP contribution is 2.23. The standard InChI is InChI=1S/C20H26O4/c1-4-5-20-19(21)11-10-18(24-20)12-15(2)13-23-14-16-6-8-17(22-3)9-7-16/h4,6-10,15,20H,1,5,11-14H2,2-3H3/t15-,20-/m1/s1. The van der Waals surface area contributed by atoms with Crippen molar-refractivity contribution in [1.29, 1.82) is 0 Å². The molecule has 0 saturated heterocycles. The number of carbonyl (C=O) groups is 1. The average Bonchev–Trinajstić information content (AvgIpc) is 2.59. The first kappa shape index (κ1) is 18.3. The van der Waals surface area contributed by atoms with Crippen molar-refractivity contribution >= 4 is 5.78 Å². The minimum Gasteiger partial charge on any atom is -0.497 e. The molecule has 0 spiro atoms. The molecule has 0 unspecified atom stereocenters. The Bertz CT molecular complexity index is 574. The number of allylic oxidation sites excluding steroid dienone is 2. The lowest BCUT2D eigenvalue weighted by Gasteiger charge is -2.24. The van der Waals surface area contributed by atoms with E-state index in [1.54, 1.807) is 13.2 Å². The molecular formula is C20H26O4. The Morgan fingerprint density at radius 2 is 2.12 bits per heavy atom. The maximum Gasteiger partial charge on any atom is 0.177 e. The molecule has 0 bridgehead atoms. The SMILES string of the molecule is C=CC[C@H]1OC(C[C@@H](C)COCc2ccc(OC)cc2)=CCC1=O. The zero-order chi connectivity index (χ0) is 17.4. The molecule has 1 heterocycles. The van der Waals surface area contributed by atoms with E-state index >= 15 is 0 Å². The van der Waals surface area contributed by atoms with Crippen LogP contribution in [0.2, 0.25) is 0 Å². The Labute approximate surface area is 144 Å². The number of hydrogen-bond donors (Lipinski definition) is 0. The summed E-state index contributed by atoms with van der Waals surface area (Å²) in [4.78, 5) is 11.7. The van der Waals surface area contributed by atoms with Gasteiger partial charge in [0.2, 0.25) is 0 Å². The molecule has 1 aliphatic heterocycles. The van der Waals surface area contributed by atoms with Gasteiger partial charge in [-0.25, -0.2) is 0 Å². The van der Waals surface area contributed by atoms with Gasteiger partial charge in [-0.1, -0.05) is 25.1 Å². The summed E-state index contributed by atoms with van der Waals surface area (Å²) >= 11 is 0. The summed E-state index contributed by atoms with van der Waals surface area (Å²) in [6.45, 7) is 7.02. The summed E-state index contributed by atoms with van der Waals surface area (Å²) in [6.07, 6.45) is 5.05. The predicted molar refractivity (Wildman–Crippen MR) is 93.8 cm³/mol. The number of methoxy groups -OCH3 is 1. The van der Waals surface area contributed by atoms with E-state index in [1.165, 1.54) is 0 Å². The Morgan fingerprint density at radius 1 is 1.38 bits per heavy atom. The molecule has 0 saturated carbocycles. The summed E-state index contributed by atoms with van der Waals surface area (Å²) in [5.74, 6) is 2.19. The van der Waals surface area contributed by atoms with Crippen LogP contribution < -0.4 is 4.74 Å². The van der Waals surface area contributed by atoms with Crippen LogP contribution in [0.4, 0.5) is 0 Å². The lowest BCUT2D eigenvalue weighted by molar-refractivity contribution is -0.129. The zero-order valence-electron chi connectivity index (χ0n) is 14.5. The monoisotopic (exact) mass is 330 g/mol. The van der Waals surface area contributed by atoms with E-state index < -0.39 is 0 Å². The molecule has 24 heavy (non-hydrogen) atoms. The van der Waals surface area contributed by atoms with Gasteiger partial charge in [0.15, 0.2) is 11.9 Å². The predicted octanol–water partition coefficient (Wildman–Crippen LogP) is 4.06. The van der Waals surface area contributed by atoms with Crippen molar-refractivity contribution in [3.05, 3.63) is 54.3 Å². The molecule has 1 aromatic rings. The van der Waals surface area contributed by atoms with Crippen LogP contribution in [0.3, 0.4) is 0 Å². The van der Waals surface area contributed by atoms with Gasteiger partial charge in [-0.3, -0.25) is 4.79 Å². The first-order valence-electron chi connectivity index (χ1n) is 8.32. The van der Waals surface area contributed by atoms with Crippen LogP contribution in [0.5, 0.6) is 5.75 Å². The molecule has 2 rings (SSSR count). The molecule has 0 aliphatic carbocycles. The van der Waals surface area contributed by atoms with E-state index in [-0.39, 0.29) is 11.9 Å². The quantitative estimate of drug-likeness (QED) is 0.641. The third-order valence-electron chi connectivity index (χ3n) is 3.94. The summed E-state index contributed by atoms with van der Waals surface area (Å²) in [6, 6.07) is 7.86. The second-order valence-corrected chi connectivity index (χ2v) is 6.14. The highest BCUT2D eigenvalue weighted by Gasteiger charge is 2.24. The van der Waals surface area contributed by atoms with Crippen LogP contribution in [0, 0.1) is 5.92 Å². The maximum atomic E-state index is 11.7. The highest BCUT2D eigenvalue weighted by atomic mass is 16.5. The molecule has 0 fully saturated rings. The second-order valence-electron chi connectivity index (χ2n) is 6.14. The van der Waals surface area contributed by atoms with Crippen molar-refractivity contribution in [3.63, 3.8) is 0 Å². The molecule has 1 aromatic carbocycles. The van der Waals surface area contributed by atoms with Gasteiger partial charge in [0, 0.05) is 19.3 Å². The fourth-order valence-corrected chi connectivity index (χ4v) is 2.61. The van der Waals surface area contributed by atoms with Crippen LogP contribution in [-0.2, 0) is 20.9 Å². The van der Waals surface area contributed by atoms with E-state index in [4.69, 9.17) is 14.2 Å². The lowest BCUT2D eigenvalue weighted by atomic mass is 10.0. The largest absolute Gasteiger partial charge is 0.497 e. The molecule has 0 radical (unpaired) electrons. The van der Waals surface area contributed by atoms with Crippen LogP contribution in [0.15, 0.2) is 48.8 Å². The molecule has 4 heteroatoms. The molecule has 0 amide bonds. The summed E-state index contributed by atoms with van der Waals surface area (Å²) in [5, 5.41) is 0. The van der Waals surface area contributed by atoms with Crippen molar-refractivity contribution in [2.45, 2.75) is 38.9 Å². The minimum atomic E-state index is -0.366. The second kappa shape index (κ2) is 9.28. The maximum absolute atomic E-state index is 11.7. The van der Waals surface area contributed by atoms with Crippen LogP contribution in [0.1, 0.15) is 31.7 Å². The molecule has 2 atom stereocenters. The number of ether oxygens (including phenoxy) is 3. The Morgan fingerprint density at radius 3 is 2.79 bits per heavy atom. The highest BCUT2D eigenvalue weighted by molar-refractivity contribution is 5.85. The van der Waals surface area contributed by atoms with Gasteiger partial charge >= 0.3 is 0 Å². The van der Waals surface area contributed by atoms with Gasteiger partial charge in [0.05, 0.1) is 26.1 Å². The van der Waals surface area contributed by atoms with Crippen molar-refractivity contribution < 1.29 is 19.0 Å². The number of carbonyl (C=O) groups excluding carboxylic acids is 1. The van der Waals surface area contributed by atoms with Crippen molar-refractivity contribution in [3.8, 4) is 5.75 Å². The normalized spacial score (nSPS) is 18.5. The average molecular weight is 330 g/mol. The first-order chi connectivity index (χ1) is 11.6. The van der Waals surface area contributed by atoms with Crippen molar-refractivity contribution in [2.24, 2.45) is 5.92 Å². The van der Waals surface area contributed by atoms with E-state index in [2.05, 4.69) is 13.5 Å². The van der Waals surface area contributed by atoms with Crippen molar-refractivity contribution in [1.82, 2.24) is 0 Å². The van der Waals surface area contributed by atoms with Crippen LogP contribution >= 0.6 is 0 Å². The first-order valence-corrected chi connectivity index (χ1v) is 8.32. The Hall–Kier alpha value is -2.07. The lowest BCUT2D eigenvalue weighted by Crippen LogP contribution is -2.27. The summed E-state index contributed by atoms with van der Waals surface area (Å²) in [5.41, 5.74) is 1.12. The number of benzene rings is 1. The molecule has 130 valence electrons. The van der Waals surface area contributed by atoms with Gasteiger partial charge in [-0.2, -0.15) is 0 Å². The van der Waals surface area contributed by atoms with Crippen LogP contribution in [-0.4, -0.2) is 25.6 Å². The number of rotatable bonds is 9. The van der Waals surface area contributed by atoms with E-state index in [1.807, 2.05) is 30.3 Å². The molecular weight excluding hydrogens is 304 g/mol. The molecule has 1 aliphatic rings. The third-order valence-corrected chi connectivity index (χ3v) is 3.94. The van der Waals surface area contributed by atoms with Gasteiger partial charge in [-0.15, -0.1) is 6.58 Å². The fraction of sp³-hybridized carbons (Fsp3) is 0.450. The Balaban J connectivity index is 1.73. The molecule has 4 nitrogen and oxygen atoms in total. The summed E-state index contributed by atoms with van der Waals surface area (Å²) in [7, 11) is 1.66. The number of Topliss-reactive ketones (excluding diaryl/α,β-unsaturated/α-hetero) is 1. The van der Waals surface area contributed by atoms with Crippen molar-refractivity contribution in [2.75, 3.05) is 13.7 Å². The zero-order valence-corrected chi connectivity index (χ0v) is 14.5. The molecule has 0 aromatic heterocycles. The van der Waals surface area contributed by atoms with E-state index in [9.17, 15) is 4.79 Å². The number of ketones is 1. The van der Waals surface area contributed by atoms with E-state index in [0.29, 0.717) is 32.0 Å². The minimum absolute atomic E-state index is 0.127. The van der Waals surface area contributed by atoms with Gasteiger partial charge < -0.3 is 14.2 Å². The smallest absolute Gasteiger partial charge is 0.177 e.